The molecule has 1 aliphatic carbocycles. The molecule has 0 spiro atoms. The lowest BCUT2D eigenvalue weighted by atomic mass is 9.93. The van der Waals surface area contributed by atoms with E-state index in [1.165, 1.54) is 6.07 Å². The Labute approximate surface area is 119 Å². The molecule has 20 heavy (non-hydrogen) atoms. The van der Waals surface area contributed by atoms with Crippen LogP contribution in [-0.4, -0.2) is 39.7 Å². The van der Waals surface area contributed by atoms with Gasteiger partial charge in [0.25, 0.3) is 5.91 Å². The quantitative estimate of drug-likeness (QED) is 0.869. The Morgan fingerprint density at radius 1 is 1.20 bits per heavy atom. The van der Waals surface area contributed by atoms with Crippen molar-refractivity contribution in [2.24, 2.45) is 5.92 Å². The summed E-state index contributed by atoms with van der Waals surface area (Å²) in [6, 6.07) is 6.67. The highest BCUT2D eigenvalue weighted by Gasteiger charge is 2.40. The van der Waals surface area contributed by atoms with Gasteiger partial charge in [-0.15, -0.1) is 0 Å². The van der Waals surface area contributed by atoms with Crippen LogP contribution in [0.1, 0.15) is 42.5 Å². The molecule has 1 saturated carbocycles. The molecule has 2 N–H and O–H groups in total. The van der Waals surface area contributed by atoms with Crippen LogP contribution in [0.3, 0.4) is 0 Å². The van der Waals surface area contributed by atoms with Gasteiger partial charge in [-0.1, -0.05) is 12.5 Å². The number of aliphatic hydroxyl groups is 1. The van der Waals surface area contributed by atoms with Crippen LogP contribution >= 0.6 is 0 Å². The fraction of sp³-hybridized carbons (Fsp3) is 0.562. The Morgan fingerprint density at radius 3 is 2.75 bits per heavy atom. The van der Waals surface area contributed by atoms with Gasteiger partial charge in [-0.25, -0.2) is 0 Å². The first-order chi connectivity index (χ1) is 9.66. The minimum atomic E-state index is -0.266. The summed E-state index contributed by atoms with van der Waals surface area (Å²) in [4.78, 5) is 14.5. The first-order valence-electron chi connectivity index (χ1n) is 7.45. The van der Waals surface area contributed by atoms with E-state index in [1.807, 2.05) is 4.90 Å². The van der Waals surface area contributed by atoms with E-state index in [2.05, 4.69) is 0 Å². The second kappa shape index (κ2) is 5.44. The number of carbonyl (C=O) groups excluding carboxylic acids is 1. The number of benzene rings is 1. The van der Waals surface area contributed by atoms with E-state index in [9.17, 15) is 15.0 Å². The van der Waals surface area contributed by atoms with Crippen LogP contribution in [0.25, 0.3) is 0 Å². The number of phenols is 1. The predicted octanol–water partition coefficient (Wildman–Crippen LogP) is 2.16. The van der Waals surface area contributed by atoms with Crippen LogP contribution in [0.15, 0.2) is 24.3 Å². The van der Waals surface area contributed by atoms with Gasteiger partial charge in [0.1, 0.15) is 5.75 Å². The minimum absolute atomic E-state index is 0.0255. The molecule has 1 aliphatic heterocycles. The van der Waals surface area contributed by atoms with E-state index >= 15 is 0 Å². The lowest BCUT2D eigenvalue weighted by Crippen LogP contribution is -2.42. The molecule has 2 aliphatic rings. The number of carbonyl (C=O) groups is 1. The summed E-state index contributed by atoms with van der Waals surface area (Å²) in [5.74, 6) is 0.314. The van der Waals surface area contributed by atoms with E-state index in [0.717, 1.165) is 38.6 Å². The molecule has 3 unspecified atom stereocenters. The average molecular weight is 275 g/mol. The number of aromatic hydroxyl groups is 1. The lowest BCUT2D eigenvalue weighted by Gasteiger charge is -2.31. The molecule has 108 valence electrons. The summed E-state index contributed by atoms with van der Waals surface area (Å²) in [6.45, 7) is 0.752. The molecule has 4 heteroatoms. The van der Waals surface area contributed by atoms with Crippen LogP contribution in [-0.2, 0) is 0 Å². The van der Waals surface area contributed by atoms with E-state index < -0.39 is 0 Å². The molecule has 0 aromatic heterocycles. The van der Waals surface area contributed by atoms with Gasteiger partial charge in [0, 0.05) is 24.1 Å². The minimum Gasteiger partial charge on any atom is -0.508 e. The maximum atomic E-state index is 12.6. The molecule has 3 atom stereocenters. The van der Waals surface area contributed by atoms with Crippen molar-refractivity contribution in [2.75, 3.05) is 6.54 Å². The number of aliphatic hydroxyl groups excluding tert-OH is 1. The number of hydrogen-bond acceptors (Lipinski definition) is 3. The zero-order valence-corrected chi connectivity index (χ0v) is 11.5. The van der Waals surface area contributed by atoms with Crippen molar-refractivity contribution in [1.82, 2.24) is 4.90 Å². The zero-order chi connectivity index (χ0) is 14.1. The number of rotatable bonds is 2. The summed E-state index contributed by atoms with van der Waals surface area (Å²) < 4.78 is 0. The fourth-order valence-electron chi connectivity index (χ4n) is 3.71. The fourth-order valence-corrected chi connectivity index (χ4v) is 3.71. The molecule has 1 aromatic rings. The lowest BCUT2D eigenvalue weighted by molar-refractivity contribution is 0.0527. The van der Waals surface area contributed by atoms with Crippen molar-refractivity contribution < 1.29 is 15.0 Å². The topological polar surface area (TPSA) is 60.8 Å². The van der Waals surface area contributed by atoms with E-state index in [4.69, 9.17) is 0 Å². The highest BCUT2D eigenvalue weighted by atomic mass is 16.3. The van der Waals surface area contributed by atoms with Crippen molar-refractivity contribution in [3.8, 4) is 5.75 Å². The summed E-state index contributed by atoms with van der Waals surface area (Å²) >= 11 is 0. The second-order valence-electron chi connectivity index (χ2n) is 5.92. The Hall–Kier alpha value is -1.55. The van der Waals surface area contributed by atoms with Crippen LogP contribution in [0, 0.1) is 5.92 Å². The van der Waals surface area contributed by atoms with E-state index in [1.54, 1.807) is 18.2 Å². The Balaban J connectivity index is 1.79. The van der Waals surface area contributed by atoms with Crippen LogP contribution in [0.4, 0.5) is 0 Å². The van der Waals surface area contributed by atoms with Crippen molar-refractivity contribution in [1.29, 1.82) is 0 Å². The van der Waals surface area contributed by atoms with Gasteiger partial charge in [0.15, 0.2) is 0 Å². The first kappa shape index (κ1) is 13.4. The summed E-state index contributed by atoms with van der Waals surface area (Å²) in [6.07, 6.45) is 4.63. The molecule has 1 aromatic carbocycles. The highest BCUT2D eigenvalue weighted by molar-refractivity contribution is 5.95. The van der Waals surface area contributed by atoms with Gasteiger partial charge in [-0.3, -0.25) is 4.79 Å². The maximum Gasteiger partial charge on any atom is 0.254 e. The normalized spacial score (nSPS) is 29.9. The molecule has 3 rings (SSSR count). The molecule has 0 bridgehead atoms. The molecule has 0 radical (unpaired) electrons. The number of nitrogens with zero attached hydrogens (tertiary/aromatic N) is 1. The Bertz CT molecular complexity index is 502. The third-order valence-corrected chi connectivity index (χ3v) is 4.68. The largest absolute Gasteiger partial charge is 0.508 e. The number of amides is 1. The van der Waals surface area contributed by atoms with Crippen molar-refractivity contribution in [3.05, 3.63) is 29.8 Å². The number of hydrogen-bond donors (Lipinski definition) is 2. The van der Waals surface area contributed by atoms with Gasteiger partial charge < -0.3 is 15.1 Å². The molecule has 1 amide bonds. The molecule has 1 saturated heterocycles. The van der Waals surface area contributed by atoms with Crippen molar-refractivity contribution in [3.63, 3.8) is 0 Å². The second-order valence-corrected chi connectivity index (χ2v) is 5.92. The molecular weight excluding hydrogens is 254 g/mol. The summed E-state index contributed by atoms with van der Waals surface area (Å²) in [5, 5.41) is 19.6. The van der Waals surface area contributed by atoms with E-state index in [-0.39, 0.29) is 29.7 Å². The first-order valence-corrected chi connectivity index (χ1v) is 7.45. The summed E-state index contributed by atoms with van der Waals surface area (Å²) in [5.41, 5.74) is 0.532. The van der Waals surface area contributed by atoms with Gasteiger partial charge in [0.05, 0.1) is 6.10 Å². The average Bonchev–Trinajstić information content (AvgIpc) is 3.06. The van der Waals surface area contributed by atoms with Crippen molar-refractivity contribution >= 4 is 5.91 Å². The number of likely N-dealkylation sites (tertiary alicyclic amines) is 1. The van der Waals surface area contributed by atoms with Crippen LogP contribution < -0.4 is 0 Å². The maximum absolute atomic E-state index is 12.6. The molecule has 2 fully saturated rings. The molecular formula is C16H21NO3. The monoisotopic (exact) mass is 275 g/mol. The van der Waals surface area contributed by atoms with Crippen LogP contribution in [0.2, 0.25) is 0 Å². The van der Waals surface area contributed by atoms with Gasteiger partial charge in [-0.2, -0.15) is 0 Å². The summed E-state index contributed by atoms with van der Waals surface area (Å²) in [7, 11) is 0. The van der Waals surface area contributed by atoms with Crippen molar-refractivity contribution in [2.45, 2.75) is 44.2 Å². The Morgan fingerprint density at radius 2 is 2.05 bits per heavy atom. The third-order valence-electron chi connectivity index (χ3n) is 4.68. The highest BCUT2D eigenvalue weighted by Crippen LogP contribution is 2.36. The molecule has 1 heterocycles. The van der Waals surface area contributed by atoms with Gasteiger partial charge >= 0.3 is 0 Å². The molecule has 4 nitrogen and oxygen atoms in total. The van der Waals surface area contributed by atoms with Crippen LogP contribution in [0.5, 0.6) is 5.75 Å². The predicted molar refractivity (Wildman–Crippen MR) is 75.5 cm³/mol. The van der Waals surface area contributed by atoms with E-state index in [0.29, 0.717) is 5.56 Å². The zero-order valence-electron chi connectivity index (χ0n) is 11.5. The SMILES string of the molecule is O=C(c1cccc(O)c1)N1CCCC1C1CCCC1O. The number of phenolic OH excluding ortho intramolecular Hbond substituents is 1. The van der Waals surface area contributed by atoms with Gasteiger partial charge in [-0.05, 0) is 43.9 Å². The smallest absolute Gasteiger partial charge is 0.254 e. The Kier molecular flexibility index (Phi) is 3.66. The van der Waals surface area contributed by atoms with Gasteiger partial charge in [0.2, 0.25) is 0 Å². The standard InChI is InChI=1S/C16H21NO3/c18-12-5-1-4-11(10-12)16(20)17-9-3-7-14(17)13-6-2-8-15(13)19/h1,4-5,10,13-15,18-19H,2-3,6-9H2. The third kappa shape index (κ3) is 2.40.